The number of aryl methyl sites for hydroxylation is 2. The number of ether oxygens (including phenoxy) is 1. The fraction of sp³-hybridized carbons (Fsp3) is 0.176. The van der Waals surface area contributed by atoms with Gasteiger partial charge in [-0.25, -0.2) is 0 Å². The van der Waals surface area contributed by atoms with Crippen LogP contribution in [0.2, 0.25) is 5.02 Å². The van der Waals surface area contributed by atoms with E-state index in [-0.39, 0.29) is 0 Å². The molecule has 1 heterocycles. The standard InChI is InChI=1S/C17H16ClN3O/c1-12-6-16(7-13(2)17(12)18)22-15-5-3-4-14(8-15)9-21-10-19-20-11-21/h3-8,10-11H,9H2,1-2H3. The smallest absolute Gasteiger partial charge is 0.128 e. The van der Waals surface area contributed by atoms with Gasteiger partial charge in [0, 0.05) is 5.02 Å². The van der Waals surface area contributed by atoms with Gasteiger partial charge in [0.1, 0.15) is 24.2 Å². The minimum absolute atomic E-state index is 0.711. The highest BCUT2D eigenvalue weighted by Gasteiger charge is 2.05. The zero-order valence-electron chi connectivity index (χ0n) is 12.5. The molecule has 0 radical (unpaired) electrons. The molecule has 0 saturated carbocycles. The first-order valence-corrected chi connectivity index (χ1v) is 7.35. The van der Waals surface area contributed by atoms with Gasteiger partial charge in [-0.15, -0.1) is 10.2 Å². The SMILES string of the molecule is Cc1cc(Oc2cccc(Cn3cnnc3)c2)cc(C)c1Cl. The van der Waals surface area contributed by atoms with Crippen molar-refractivity contribution in [3.05, 3.63) is 70.8 Å². The molecule has 1 aromatic heterocycles. The van der Waals surface area contributed by atoms with Crippen LogP contribution in [-0.2, 0) is 6.54 Å². The number of hydrogen-bond acceptors (Lipinski definition) is 3. The molecule has 112 valence electrons. The Kier molecular flexibility index (Phi) is 4.11. The molecule has 0 fully saturated rings. The van der Waals surface area contributed by atoms with Crippen molar-refractivity contribution in [3.8, 4) is 11.5 Å². The van der Waals surface area contributed by atoms with Crippen LogP contribution >= 0.6 is 11.6 Å². The van der Waals surface area contributed by atoms with Crippen LogP contribution in [0.25, 0.3) is 0 Å². The average Bonchev–Trinajstić information content (AvgIpc) is 2.98. The van der Waals surface area contributed by atoms with Crippen molar-refractivity contribution in [3.63, 3.8) is 0 Å². The summed E-state index contributed by atoms with van der Waals surface area (Å²) in [7, 11) is 0. The fourth-order valence-electron chi connectivity index (χ4n) is 2.32. The Morgan fingerprint density at radius 3 is 2.36 bits per heavy atom. The highest BCUT2D eigenvalue weighted by molar-refractivity contribution is 6.32. The van der Waals surface area contributed by atoms with E-state index >= 15 is 0 Å². The lowest BCUT2D eigenvalue weighted by atomic mass is 10.1. The van der Waals surface area contributed by atoms with Crippen LogP contribution in [0.1, 0.15) is 16.7 Å². The molecule has 0 N–H and O–H groups in total. The fourth-order valence-corrected chi connectivity index (χ4v) is 2.43. The molecule has 5 heteroatoms. The summed E-state index contributed by atoms with van der Waals surface area (Å²) in [5, 5.41) is 8.40. The van der Waals surface area contributed by atoms with Gasteiger partial charge in [-0.05, 0) is 54.8 Å². The summed E-state index contributed by atoms with van der Waals surface area (Å²) in [6, 6.07) is 11.9. The van der Waals surface area contributed by atoms with Crippen LogP contribution in [0.5, 0.6) is 11.5 Å². The molecule has 0 spiro atoms. The Bertz CT molecular complexity index is 761. The lowest BCUT2D eigenvalue weighted by Crippen LogP contribution is -1.96. The Hall–Kier alpha value is -2.33. The van der Waals surface area contributed by atoms with E-state index in [4.69, 9.17) is 16.3 Å². The van der Waals surface area contributed by atoms with Crippen LogP contribution in [0, 0.1) is 13.8 Å². The van der Waals surface area contributed by atoms with Crippen molar-refractivity contribution in [1.29, 1.82) is 0 Å². The van der Waals surface area contributed by atoms with Gasteiger partial charge < -0.3 is 9.30 Å². The third-order valence-electron chi connectivity index (χ3n) is 3.38. The quantitative estimate of drug-likeness (QED) is 0.717. The molecule has 0 atom stereocenters. The molecule has 0 aliphatic carbocycles. The van der Waals surface area contributed by atoms with E-state index in [0.717, 1.165) is 33.2 Å². The molecule has 3 aromatic rings. The molecule has 0 aliphatic rings. The van der Waals surface area contributed by atoms with Crippen LogP contribution in [0.4, 0.5) is 0 Å². The summed E-state index contributed by atoms with van der Waals surface area (Å²) in [5.74, 6) is 1.59. The van der Waals surface area contributed by atoms with Gasteiger partial charge >= 0.3 is 0 Å². The van der Waals surface area contributed by atoms with Gasteiger partial charge in [-0.1, -0.05) is 23.7 Å². The van der Waals surface area contributed by atoms with E-state index < -0.39 is 0 Å². The summed E-state index contributed by atoms with van der Waals surface area (Å²) in [4.78, 5) is 0. The molecule has 0 amide bonds. The van der Waals surface area contributed by atoms with Crippen molar-refractivity contribution < 1.29 is 4.74 Å². The Morgan fingerprint density at radius 1 is 1.00 bits per heavy atom. The summed E-state index contributed by atoms with van der Waals surface area (Å²) in [5.41, 5.74) is 3.15. The second-order valence-corrected chi connectivity index (χ2v) is 5.63. The van der Waals surface area contributed by atoms with Crippen molar-refractivity contribution >= 4 is 11.6 Å². The Balaban J connectivity index is 1.81. The number of halogens is 1. The zero-order chi connectivity index (χ0) is 15.5. The van der Waals surface area contributed by atoms with Gasteiger partial charge in [0.2, 0.25) is 0 Å². The van der Waals surface area contributed by atoms with E-state index in [2.05, 4.69) is 10.2 Å². The normalized spacial score (nSPS) is 10.7. The molecule has 3 rings (SSSR count). The maximum absolute atomic E-state index is 6.19. The Labute approximate surface area is 134 Å². The minimum atomic E-state index is 0.711. The molecule has 0 bridgehead atoms. The van der Waals surface area contributed by atoms with Crippen LogP contribution in [-0.4, -0.2) is 14.8 Å². The largest absolute Gasteiger partial charge is 0.457 e. The highest BCUT2D eigenvalue weighted by Crippen LogP contribution is 2.29. The van der Waals surface area contributed by atoms with Gasteiger partial charge in [-0.3, -0.25) is 0 Å². The maximum atomic E-state index is 6.19. The molecule has 22 heavy (non-hydrogen) atoms. The van der Waals surface area contributed by atoms with E-state index in [0.29, 0.717) is 6.54 Å². The molecular weight excluding hydrogens is 298 g/mol. The predicted octanol–water partition coefficient (Wildman–Crippen LogP) is 4.39. The van der Waals surface area contributed by atoms with Crippen LogP contribution < -0.4 is 4.74 Å². The first kappa shape index (κ1) is 14.6. The Morgan fingerprint density at radius 2 is 1.68 bits per heavy atom. The number of benzene rings is 2. The summed E-state index contributed by atoms with van der Waals surface area (Å²) in [6.07, 6.45) is 3.39. The monoisotopic (exact) mass is 313 g/mol. The molecule has 0 aliphatic heterocycles. The molecule has 2 aromatic carbocycles. The lowest BCUT2D eigenvalue weighted by molar-refractivity contribution is 0.481. The van der Waals surface area contributed by atoms with Gasteiger partial charge in [0.05, 0.1) is 6.54 Å². The topological polar surface area (TPSA) is 39.9 Å². The third kappa shape index (κ3) is 3.28. The summed E-state index contributed by atoms with van der Waals surface area (Å²) >= 11 is 6.19. The van der Waals surface area contributed by atoms with E-state index in [1.54, 1.807) is 12.7 Å². The predicted molar refractivity (Wildman–Crippen MR) is 86.6 cm³/mol. The second-order valence-electron chi connectivity index (χ2n) is 5.25. The summed E-state index contributed by atoms with van der Waals surface area (Å²) < 4.78 is 7.87. The molecular formula is C17H16ClN3O. The maximum Gasteiger partial charge on any atom is 0.128 e. The molecule has 0 saturated heterocycles. The zero-order valence-corrected chi connectivity index (χ0v) is 13.2. The number of rotatable bonds is 4. The van der Waals surface area contributed by atoms with Crippen molar-refractivity contribution in [2.45, 2.75) is 20.4 Å². The second kappa shape index (κ2) is 6.20. The van der Waals surface area contributed by atoms with Gasteiger partial charge in [0.15, 0.2) is 0 Å². The number of hydrogen-bond donors (Lipinski definition) is 0. The number of nitrogens with zero attached hydrogens (tertiary/aromatic N) is 3. The van der Waals surface area contributed by atoms with Crippen molar-refractivity contribution in [1.82, 2.24) is 14.8 Å². The van der Waals surface area contributed by atoms with Crippen molar-refractivity contribution in [2.24, 2.45) is 0 Å². The van der Waals surface area contributed by atoms with Gasteiger partial charge in [0.25, 0.3) is 0 Å². The van der Waals surface area contributed by atoms with Crippen LogP contribution in [0.3, 0.4) is 0 Å². The van der Waals surface area contributed by atoms with E-state index in [1.807, 2.05) is 54.8 Å². The van der Waals surface area contributed by atoms with Gasteiger partial charge in [-0.2, -0.15) is 0 Å². The third-order valence-corrected chi connectivity index (χ3v) is 3.97. The van der Waals surface area contributed by atoms with Crippen molar-refractivity contribution in [2.75, 3.05) is 0 Å². The molecule has 0 unspecified atom stereocenters. The van der Waals surface area contributed by atoms with E-state index in [1.165, 1.54) is 0 Å². The first-order chi connectivity index (χ1) is 10.6. The minimum Gasteiger partial charge on any atom is -0.457 e. The summed E-state index contributed by atoms with van der Waals surface area (Å²) in [6.45, 7) is 4.66. The average molecular weight is 314 g/mol. The molecule has 4 nitrogen and oxygen atoms in total. The van der Waals surface area contributed by atoms with E-state index in [9.17, 15) is 0 Å². The highest BCUT2D eigenvalue weighted by atomic mass is 35.5. The van der Waals surface area contributed by atoms with Crippen LogP contribution in [0.15, 0.2) is 49.1 Å². The number of aromatic nitrogens is 3. The first-order valence-electron chi connectivity index (χ1n) is 6.98. The lowest BCUT2D eigenvalue weighted by Gasteiger charge is -2.11.